The molecule has 1 saturated heterocycles. The fourth-order valence-corrected chi connectivity index (χ4v) is 4.49. The van der Waals surface area contributed by atoms with E-state index in [-0.39, 0.29) is 11.3 Å². The Labute approximate surface area is 177 Å². The van der Waals surface area contributed by atoms with Crippen molar-refractivity contribution < 1.29 is 14.7 Å². The van der Waals surface area contributed by atoms with Gasteiger partial charge in [-0.3, -0.25) is 14.5 Å². The summed E-state index contributed by atoms with van der Waals surface area (Å²) in [4.78, 5) is 28.2. The maximum Gasteiger partial charge on any atom is 0.300 e. The Morgan fingerprint density at radius 3 is 2.48 bits per heavy atom. The first-order valence-electron chi connectivity index (χ1n) is 9.06. The van der Waals surface area contributed by atoms with Crippen LogP contribution in [0.1, 0.15) is 27.6 Å². The van der Waals surface area contributed by atoms with Gasteiger partial charge < -0.3 is 5.11 Å². The molecule has 3 aromatic rings. The minimum atomic E-state index is -0.713. The molecule has 0 saturated carbocycles. The molecule has 2 heterocycles. The molecule has 1 fully saturated rings. The minimum absolute atomic E-state index is 0.0840. The van der Waals surface area contributed by atoms with Crippen LogP contribution in [0.25, 0.3) is 5.76 Å². The van der Waals surface area contributed by atoms with Crippen LogP contribution in [0.15, 0.2) is 65.6 Å². The molecule has 1 aliphatic heterocycles. The second-order valence-corrected chi connectivity index (χ2v) is 8.38. The van der Waals surface area contributed by atoms with Crippen LogP contribution in [0.3, 0.4) is 0 Å². The third-order valence-electron chi connectivity index (χ3n) is 5.12. The van der Waals surface area contributed by atoms with E-state index in [1.165, 1.54) is 16.2 Å². The molecule has 1 aromatic heterocycles. The number of Topliss-reactive ketones (excluding diaryl/α,β-unsaturated/α-hetero) is 1. The van der Waals surface area contributed by atoms with Crippen molar-refractivity contribution in [2.75, 3.05) is 4.90 Å². The predicted octanol–water partition coefficient (Wildman–Crippen LogP) is 5.64. The number of aryl methyl sites for hydroxylation is 2. The molecule has 0 aliphatic carbocycles. The number of carbonyl (C=O) groups excluding carboxylic acids is 2. The second kappa shape index (κ2) is 7.50. The summed E-state index contributed by atoms with van der Waals surface area (Å²) >= 11 is 7.55. The molecule has 0 spiro atoms. The summed E-state index contributed by atoms with van der Waals surface area (Å²) in [6.07, 6.45) is 0. The number of aliphatic hydroxyl groups excluding tert-OH is 1. The average Bonchev–Trinajstić information content (AvgIpc) is 3.31. The molecular formula is C23H18ClNO3S. The van der Waals surface area contributed by atoms with Crippen LogP contribution in [0.5, 0.6) is 0 Å². The maximum atomic E-state index is 13.0. The molecule has 29 heavy (non-hydrogen) atoms. The predicted molar refractivity (Wildman–Crippen MR) is 116 cm³/mol. The van der Waals surface area contributed by atoms with Crippen LogP contribution < -0.4 is 4.90 Å². The van der Waals surface area contributed by atoms with Crippen LogP contribution in [-0.4, -0.2) is 16.8 Å². The SMILES string of the molecule is Cc1ccc(/C(O)=C2/C(=O)C(=O)N(c3cccc(Cl)c3)C2c2cccs2)cc1C. The van der Waals surface area contributed by atoms with Crippen molar-refractivity contribution in [3.8, 4) is 0 Å². The highest BCUT2D eigenvalue weighted by Crippen LogP contribution is 2.44. The summed E-state index contributed by atoms with van der Waals surface area (Å²) in [6, 6.07) is 15.3. The number of rotatable bonds is 3. The van der Waals surface area contributed by atoms with E-state index in [0.717, 1.165) is 16.0 Å². The first-order valence-corrected chi connectivity index (χ1v) is 10.3. The molecule has 146 valence electrons. The monoisotopic (exact) mass is 423 g/mol. The number of hydrogen-bond acceptors (Lipinski definition) is 4. The third kappa shape index (κ3) is 3.37. The van der Waals surface area contributed by atoms with E-state index in [1.807, 2.05) is 43.5 Å². The third-order valence-corrected chi connectivity index (χ3v) is 6.28. The minimum Gasteiger partial charge on any atom is -0.507 e. The van der Waals surface area contributed by atoms with E-state index in [2.05, 4.69) is 0 Å². The van der Waals surface area contributed by atoms with E-state index in [9.17, 15) is 14.7 Å². The van der Waals surface area contributed by atoms with Crippen molar-refractivity contribution in [1.82, 2.24) is 0 Å². The number of thiophene rings is 1. The zero-order valence-electron chi connectivity index (χ0n) is 15.8. The summed E-state index contributed by atoms with van der Waals surface area (Å²) in [7, 11) is 0. The highest BCUT2D eigenvalue weighted by molar-refractivity contribution is 7.10. The van der Waals surface area contributed by atoms with E-state index in [1.54, 1.807) is 30.3 Å². The number of amides is 1. The zero-order valence-corrected chi connectivity index (χ0v) is 17.4. The van der Waals surface area contributed by atoms with Gasteiger partial charge in [-0.15, -0.1) is 11.3 Å². The van der Waals surface area contributed by atoms with Crippen molar-refractivity contribution in [1.29, 1.82) is 0 Å². The fourth-order valence-electron chi connectivity index (χ4n) is 3.49. The summed E-state index contributed by atoms with van der Waals surface area (Å²) < 4.78 is 0. The van der Waals surface area contributed by atoms with E-state index in [0.29, 0.717) is 16.3 Å². The molecule has 1 atom stereocenters. The topological polar surface area (TPSA) is 57.6 Å². The Kier molecular flexibility index (Phi) is 5.03. The number of carbonyl (C=O) groups is 2. The smallest absolute Gasteiger partial charge is 0.300 e. The van der Waals surface area contributed by atoms with Gasteiger partial charge in [-0.2, -0.15) is 0 Å². The number of aliphatic hydroxyl groups is 1. The van der Waals surface area contributed by atoms with Crippen molar-refractivity contribution in [2.24, 2.45) is 0 Å². The number of hydrogen-bond donors (Lipinski definition) is 1. The Bertz CT molecular complexity index is 1150. The van der Waals surface area contributed by atoms with Crippen molar-refractivity contribution in [3.63, 3.8) is 0 Å². The fraction of sp³-hybridized carbons (Fsp3) is 0.130. The van der Waals surface area contributed by atoms with Gasteiger partial charge in [-0.25, -0.2) is 0 Å². The molecule has 4 rings (SSSR count). The molecule has 0 bridgehead atoms. The molecule has 1 unspecified atom stereocenters. The molecule has 1 amide bonds. The lowest BCUT2D eigenvalue weighted by molar-refractivity contribution is -0.132. The number of halogens is 1. The molecule has 2 aromatic carbocycles. The first kappa shape index (κ1) is 19.4. The van der Waals surface area contributed by atoms with E-state index >= 15 is 0 Å². The molecule has 6 heteroatoms. The molecular weight excluding hydrogens is 406 g/mol. The molecule has 1 N–H and O–H groups in total. The highest BCUT2D eigenvalue weighted by atomic mass is 35.5. The van der Waals surface area contributed by atoms with Crippen LogP contribution in [0.2, 0.25) is 5.02 Å². The number of anilines is 1. The van der Waals surface area contributed by atoms with Gasteiger partial charge in [-0.05, 0) is 60.7 Å². The van der Waals surface area contributed by atoms with Crippen molar-refractivity contribution >= 4 is 46.1 Å². The van der Waals surface area contributed by atoms with Gasteiger partial charge in [0, 0.05) is 21.2 Å². The number of nitrogens with zero attached hydrogens (tertiary/aromatic N) is 1. The van der Waals surface area contributed by atoms with Gasteiger partial charge in [0.1, 0.15) is 11.8 Å². The quantitative estimate of drug-likeness (QED) is 0.336. The lowest BCUT2D eigenvalue weighted by atomic mass is 9.97. The van der Waals surface area contributed by atoms with Crippen LogP contribution >= 0.6 is 22.9 Å². The maximum absolute atomic E-state index is 13.0. The summed E-state index contributed by atoms with van der Waals surface area (Å²) in [5.74, 6) is -1.57. The van der Waals surface area contributed by atoms with Crippen LogP contribution in [0, 0.1) is 13.8 Å². The van der Waals surface area contributed by atoms with Crippen molar-refractivity contribution in [3.05, 3.63) is 92.1 Å². The summed E-state index contributed by atoms with van der Waals surface area (Å²) in [5.41, 5.74) is 3.18. The van der Waals surface area contributed by atoms with Crippen LogP contribution in [-0.2, 0) is 9.59 Å². The largest absolute Gasteiger partial charge is 0.507 e. The molecule has 1 aliphatic rings. The Balaban J connectivity index is 1.94. The summed E-state index contributed by atoms with van der Waals surface area (Å²) in [6.45, 7) is 3.91. The van der Waals surface area contributed by atoms with Gasteiger partial charge in [-0.1, -0.05) is 35.9 Å². The molecule has 0 radical (unpaired) electrons. The van der Waals surface area contributed by atoms with E-state index < -0.39 is 17.7 Å². The Morgan fingerprint density at radius 1 is 1.03 bits per heavy atom. The number of ketones is 1. The summed E-state index contributed by atoms with van der Waals surface area (Å²) in [5, 5.41) is 13.4. The average molecular weight is 424 g/mol. The highest BCUT2D eigenvalue weighted by Gasteiger charge is 2.47. The zero-order chi connectivity index (χ0) is 20.7. The molecule has 4 nitrogen and oxygen atoms in total. The van der Waals surface area contributed by atoms with Gasteiger partial charge in [0.2, 0.25) is 0 Å². The first-order chi connectivity index (χ1) is 13.9. The second-order valence-electron chi connectivity index (χ2n) is 6.96. The van der Waals surface area contributed by atoms with Gasteiger partial charge >= 0.3 is 0 Å². The lowest BCUT2D eigenvalue weighted by Crippen LogP contribution is -2.29. The van der Waals surface area contributed by atoms with Gasteiger partial charge in [0.05, 0.1) is 5.57 Å². The van der Waals surface area contributed by atoms with E-state index in [4.69, 9.17) is 11.6 Å². The van der Waals surface area contributed by atoms with Gasteiger partial charge in [0.15, 0.2) is 0 Å². The standard InChI is InChI=1S/C23H18ClNO3S/c1-13-8-9-15(11-14(13)2)21(26)19-20(18-7-4-10-29-18)25(23(28)22(19)27)17-6-3-5-16(24)12-17/h3-12,20,26H,1-2H3/b21-19-. The van der Waals surface area contributed by atoms with Crippen molar-refractivity contribution in [2.45, 2.75) is 19.9 Å². The lowest BCUT2D eigenvalue weighted by Gasteiger charge is -2.24. The number of benzene rings is 2. The Hall–Kier alpha value is -2.89. The normalized spacial score (nSPS) is 18.4. The van der Waals surface area contributed by atoms with Gasteiger partial charge in [0.25, 0.3) is 11.7 Å². The van der Waals surface area contributed by atoms with Crippen LogP contribution in [0.4, 0.5) is 5.69 Å². The Morgan fingerprint density at radius 2 is 1.83 bits per heavy atom.